The fourth-order valence-corrected chi connectivity index (χ4v) is 3.48. The Morgan fingerprint density at radius 3 is 2.77 bits per heavy atom. The van der Waals surface area contributed by atoms with Crippen molar-refractivity contribution < 1.29 is 9.90 Å². The third kappa shape index (κ3) is 4.56. The lowest BCUT2D eigenvalue weighted by atomic mass is 10.2. The monoisotopic (exact) mass is 336 g/mol. The highest BCUT2D eigenvalue weighted by atomic mass is 32.2. The number of thioether (sulfide) groups is 1. The fourth-order valence-electron chi connectivity index (χ4n) is 2.02. The van der Waals surface area contributed by atoms with Crippen molar-refractivity contribution in [2.24, 2.45) is 0 Å². The molecule has 2 aromatic rings. The standard InChI is InChI=1S/C16H20N2O2S2/c1-11-3-5-12(6-4-11)16-18-14(10-22-16)15(20)17-13(7-8-19)9-21-2/h3-6,10,13,19H,7-9H2,1-2H3,(H,17,20). The van der Waals surface area contributed by atoms with Crippen LogP contribution in [0.25, 0.3) is 10.6 Å². The van der Waals surface area contributed by atoms with Gasteiger partial charge in [0.15, 0.2) is 0 Å². The number of hydrogen-bond acceptors (Lipinski definition) is 5. The molecule has 1 aromatic heterocycles. The Labute approximate surface area is 139 Å². The minimum absolute atomic E-state index is 0.0305. The van der Waals surface area contributed by atoms with Gasteiger partial charge in [0.1, 0.15) is 10.7 Å². The zero-order valence-corrected chi connectivity index (χ0v) is 14.3. The van der Waals surface area contributed by atoms with Crippen molar-refractivity contribution in [2.45, 2.75) is 19.4 Å². The minimum atomic E-state index is -0.179. The maximum absolute atomic E-state index is 12.2. The van der Waals surface area contributed by atoms with E-state index in [0.717, 1.165) is 16.3 Å². The smallest absolute Gasteiger partial charge is 0.271 e. The fraction of sp³-hybridized carbons (Fsp3) is 0.375. The van der Waals surface area contributed by atoms with Gasteiger partial charge in [-0.25, -0.2) is 4.98 Å². The van der Waals surface area contributed by atoms with Crippen molar-refractivity contribution in [1.29, 1.82) is 0 Å². The topological polar surface area (TPSA) is 62.2 Å². The van der Waals surface area contributed by atoms with Crippen molar-refractivity contribution >= 4 is 29.0 Å². The summed E-state index contributed by atoms with van der Waals surface area (Å²) in [5, 5.41) is 14.6. The second kappa shape index (κ2) is 8.31. The molecule has 0 saturated heterocycles. The number of amides is 1. The van der Waals surface area contributed by atoms with E-state index in [-0.39, 0.29) is 18.6 Å². The molecule has 1 aromatic carbocycles. The molecule has 22 heavy (non-hydrogen) atoms. The maximum Gasteiger partial charge on any atom is 0.271 e. The highest BCUT2D eigenvalue weighted by Crippen LogP contribution is 2.24. The maximum atomic E-state index is 12.2. The minimum Gasteiger partial charge on any atom is -0.396 e. The van der Waals surface area contributed by atoms with E-state index in [0.29, 0.717) is 12.1 Å². The number of benzene rings is 1. The molecule has 1 amide bonds. The van der Waals surface area contributed by atoms with Crippen LogP contribution in [0, 0.1) is 6.92 Å². The van der Waals surface area contributed by atoms with Crippen molar-refractivity contribution in [3.8, 4) is 10.6 Å². The van der Waals surface area contributed by atoms with Crippen molar-refractivity contribution in [3.63, 3.8) is 0 Å². The first-order valence-electron chi connectivity index (χ1n) is 7.07. The number of hydrogen-bond donors (Lipinski definition) is 2. The Hall–Kier alpha value is -1.37. The summed E-state index contributed by atoms with van der Waals surface area (Å²) in [4.78, 5) is 16.7. The molecule has 0 bridgehead atoms. The van der Waals surface area contributed by atoms with E-state index in [2.05, 4.69) is 10.3 Å². The normalized spacial score (nSPS) is 12.1. The number of carbonyl (C=O) groups excluding carboxylic acids is 1. The van der Waals surface area contributed by atoms with Crippen molar-refractivity contribution in [3.05, 3.63) is 40.9 Å². The van der Waals surface area contributed by atoms with E-state index in [1.807, 2.05) is 37.4 Å². The summed E-state index contributed by atoms with van der Waals surface area (Å²) in [6, 6.07) is 8.06. The quantitative estimate of drug-likeness (QED) is 0.816. The van der Waals surface area contributed by atoms with Crippen LogP contribution in [0.5, 0.6) is 0 Å². The van der Waals surface area contributed by atoms with E-state index >= 15 is 0 Å². The molecule has 0 aliphatic heterocycles. The summed E-state index contributed by atoms with van der Waals surface area (Å²) in [7, 11) is 0. The van der Waals surface area contributed by atoms with Crippen LogP contribution in [0.2, 0.25) is 0 Å². The van der Waals surface area contributed by atoms with Crippen LogP contribution in [0.15, 0.2) is 29.6 Å². The summed E-state index contributed by atoms with van der Waals surface area (Å²) in [5.41, 5.74) is 2.65. The molecule has 0 aliphatic carbocycles. The first-order valence-corrected chi connectivity index (χ1v) is 9.34. The van der Waals surface area contributed by atoms with E-state index in [9.17, 15) is 4.79 Å². The Morgan fingerprint density at radius 2 is 2.14 bits per heavy atom. The molecule has 0 radical (unpaired) electrons. The van der Waals surface area contributed by atoms with Gasteiger partial charge in [0.25, 0.3) is 5.91 Å². The summed E-state index contributed by atoms with van der Waals surface area (Å²) in [5.74, 6) is 0.600. The predicted molar refractivity (Wildman–Crippen MR) is 93.6 cm³/mol. The molecule has 2 rings (SSSR count). The van der Waals surface area contributed by atoms with Gasteiger partial charge in [-0.3, -0.25) is 4.79 Å². The molecule has 0 aliphatic rings. The number of aryl methyl sites for hydroxylation is 1. The summed E-state index contributed by atoms with van der Waals surface area (Å²) in [6.45, 7) is 2.11. The molecule has 1 atom stereocenters. The van der Waals surface area contributed by atoms with E-state index < -0.39 is 0 Å². The third-order valence-corrected chi connectivity index (χ3v) is 4.84. The van der Waals surface area contributed by atoms with Crippen LogP contribution in [-0.2, 0) is 0 Å². The number of carbonyl (C=O) groups is 1. The third-order valence-electron chi connectivity index (χ3n) is 3.22. The number of aliphatic hydroxyl groups excluding tert-OH is 1. The number of aliphatic hydroxyl groups is 1. The van der Waals surface area contributed by atoms with Gasteiger partial charge in [-0.05, 0) is 19.6 Å². The van der Waals surface area contributed by atoms with E-state index in [1.165, 1.54) is 16.9 Å². The van der Waals surface area contributed by atoms with Gasteiger partial charge in [-0.15, -0.1) is 11.3 Å². The Morgan fingerprint density at radius 1 is 1.41 bits per heavy atom. The highest BCUT2D eigenvalue weighted by molar-refractivity contribution is 7.98. The molecular formula is C16H20N2O2S2. The molecule has 0 spiro atoms. The van der Waals surface area contributed by atoms with Crippen LogP contribution in [0.3, 0.4) is 0 Å². The number of nitrogens with one attached hydrogen (secondary N) is 1. The molecule has 1 heterocycles. The first-order chi connectivity index (χ1) is 10.6. The molecular weight excluding hydrogens is 316 g/mol. The summed E-state index contributed by atoms with van der Waals surface area (Å²) >= 11 is 3.11. The summed E-state index contributed by atoms with van der Waals surface area (Å²) < 4.78 is 0. The van der Waals surface area contributed by atoms with Crippen molar-refractivity contribution in [1.82, 2.24) is 10.3 Å². The Bertz CT molecular complexity index is 605. The lowest BCUT2D eigenvalue weighted by Gasteiger charge is -2.15. The Balaban J connectivity index is 2.06. The van der Waals surface area contributed by atoms with Crippen LogP contribution >= 0.6 is 23.1 Å². The van der Waals surface area contributed by atoms with Gasteiger partial charge in [0, 0.05) is 29.3 Å². The SMILES string of the molecule is CSCC(CCO)NC(=O)c1csc(-c2ccc(C)cc2)n1. The average Bonchev–Trinajstić information content (AvgIpc) is 2.98. The highest BCUT2D eigenvalue weighted by Gasteiger charge is 2.16. The number of rotatable bonds is 7. The molecule has 0 saturated carbocycles. The zero-order chi connectivity index (χ0) is 15.9. The number of nitrogens with zero attached hydrogens (tertiary/aromatic N) is 1. The Kier molecular flexibility index (Phi) is 6.42. The number of aromatic nitrogens is 1. The van der Waals surface area contributed by atoms with Crippen molar-refractivity contribution in [2.75, 3.05) is 18.6 Å². The lowest BCUT2D eigenvalue weighted by molar-refractivity contribution is 0.0931. The second-order valence-electron chi connectivity index (χ2n) is 5.04. The van der Waals surface area contributed by atoms with Crippen LogP contribution in [0.1, 0.15) is 22.5 Å². The predicted octanol–water partition coefficient (Wildman–Crippen LogP) is 2.96. The largest absolute Gasteiger partial charge is 0.396 e. The molecule has 0 fully saturated rings. The molecule has 4 nitrogen and oxygen atoms in total. The van der Waals surface area contributed by atoms with Gasteiger partial charge in [0.05, 0.1) is 0 Å². The van der Waals surface area contributed by atoms with Crippen LogP contribution < -0.4 is 5.32 Å². The average molecular weight is 336 g/mol. The van der Waals surface area contributed by atoms with Gasteiger partial charge in [-0.2, -0.15) is 11.8 Å². The van der Waals surface area contributed by atoms with E-state index in [4.69, 9.17) is 5.11 Å². The van der Waals surface area contributed by atoms with E-state index in [1.54, 1.807) is 17.1 Å². The van der Waals surface area contributed by atoms with Gasteiger partial charge in [-0.1, -0.05) is 29.8 Å². The molecule has 6 heteroatoms. The number of thiazole rings is 1. The summed E-state index contributed by atoms with van der Waals surface area (Å²) in [6.07, 6.45) is 2.54. The molecule has 1 unspecified atom stereocenters. The van der Waals surface area contributed by atoms with Gasteiger partial charge < -0.3 is 10.4 Å². The lowest BCUT2D eigenvalue weighted by Crippen LogP contribution is -2.37. The molecule has 2 N–H and O–H groups in total. The first kappa shape index (κ1) is 17.0. The second-order valence-corrected chi connectivity index (χ2v) is 6.81. The zero-order valence-electron chi connectivity index (χ0n) is 12.7. The van der Waals surface area contributed by atoms with Gasteiger partial charge >= 0.3 is 0 Å². The van der Waals surface area contributed by atoms with Crippen LogP contribution in [0.4, 0.5) is 0 Å². The van der Waals surface area contributed by atoms with Gasteiger partial charge in [0.2, 0.25) is 0 Å². The molecule has 118 valence electrons. The van der Waals surface area contributed by atoms with Crippen LogP contribution in [-0.4, -0.2) is 40.7 Å².